The molecule has 1 atom stereocenters. The Labute approximate surface area is 207 Å². The summed E-state index contributed by atoms with van der Waals surface area (Å²) >= 11 is 10.00. The fourth-order valence-corrected chi connectivity index (χ4v) is 5.45. The summed E-state index contributed by atoms with van der Waals surface area (Å²) in [6.07, 6.45) is 8.52. The molecule has 1 aliphatic carbocycles. The number of hydrogen-bond acceptors (Lipinski definition) is 4. The summed E-state index contributed by atoms with van der Waals surface area (Å²) in [6, 6.07) is 10.1. The molecule has 5 rings (SSSR count). The van der Waals surface area contributed by atoms with Crippen LogP contribution in [-0.4, -0.2) is 51.2 Å². The van der Waals surface area contributed by atoms with Gasteiger partial charge in [0.05, 0.1) is 16.4 Å². The van der Waals surface area contributed by atoms with E-state index < -0.39 is 0 Å². The predicted octanol–water partition coefficient (Wildman–Crippen LogP) is 5.59. The number of anilines is 1. The first-order valence-electron chi connectivity index (χ1n) is 11.7. The second-order valence-electron chi connectivity index (χ2n) is 9.00. The number of nitrogens with one attached hydrogen (secondary N) is 2. The van der Waals surface area contributed by atoms with Crippen LogP contribution in [0.1, 0.15) is 38.5 Å². The van der Waals surface area contributed by atoms with Crippen molar-refractivity contribution in [1.29, 1.82) is 0 Å². The standard InChI is InChI=1S/C24H28BrClN6O/c25-19-14-28-32-22(12-21(30-23(19)32)18-9-3-4-10-20(18)26)27-13-16-6-5-11-31(15-16)24(33)29-17-7-1-2-8-17/h3-4,9-10,12,14,16-17,27H,1-2,5-8,11,13,15H2,(H,29,33). The average molecular weight is 532 g/mol. The van der Waals surface area contributed by atoms with Crippen LogP contribution >= 0.6 is 27.5 Å². The zero-order valence-corrected chi connectivity index (χ0v) is 20.8. The molecule has 1 unspecified atom stereocenters. The molecule has 2 N–H and O–H groups in total. The lowest BCUT2D eigenvalue weighted by molar-refractivity contribution is 0.165. The number of benzene rings is 1. The first-order valence-corrected chi connectivity index (χ1v) is 12.8. The molecule has 2 aliphatic rings. The van der Waals surface area contributed by atoms with Gasteiger partial charge in [0.1, 0.15) is 5.82 Å². The third-order valence-electron chi connectivity index (χ3n) is 6.64. The number of urea groups is 1. The van der Waals surface area contributed by atoms with Crippen molar-refractivity contribution in [3.63, 3.8) is 0 Å². The van der Waals surface area contributed by atoms with E-state index in [1.807, 2.05) is 35.2 Å². The van der Waals surface area contributed by atoms with Gasteiger partial charge in [-0.25, -0.2) is 9.78 Å². The number of fused-ring (bicyclic) bond motifs is 1. The smallest absolute Gasteiger partial charge is 0.317 e. The number of hydrogen-bond donors (Lipinski definition) is 2. The number of nitrogens with zero attached hydrogens (tertiary/aromatic N) is 4. The van der Waals surface area contributed by atoms with Gasteiger partial charge in [0.2, 0.25) is 0 Å². The maximum atomic E-state index is 12.7. The van der Waals surface area contributed by atoms with Crippen molar-refractivity contribution >= 4 is 45.0 Å². The summed E-state index contributed by atoms with van der Waals surface area (Å²) in [6.45, 7) is 2.35. The Kier molecular flexibility index (Phi) is 6.74. The van der Waals surface area contributed by atoms with E-state index in [0.29, 0.717) is 17.0 Å². The van der Waals surface area contributed by atoms with Gasteiger partial charge < -0.3 is 15.5 Å². The van der Waals surface area contributed by atoms with Gasteiger partial charge in [-0.05, 0) is 53.6 Å². The van der Waals surface area contributed by atoms with Crippen molar-refractivity contribution in [3.8, 4) is 11.3 Å². The van der Waals surface area contributed by atoms with Crippen LogP contribution in [0, 0.1) is 5.92 Å². The van der Waals surface area contributed by atoms with Gasteiger partial charge in [0.15, 0.2) is 5.65 Å². The predicted molar refractivity (Wildman–Crippen MR) is 135 cm³/mol. The van der Waals surface area contributed by atoms with Crippen LogP contribution < -0.4 is 10.6 Å². The molecule has 2 aromatic heterocycles. The van der Waals surface area contributed by atoms with Crippen LogP contribution in [0.3, 0.4) is 0 Å². The van der Waals surface area contributed by atoms with E-state index >= 15 is 0 Å². The van der Waals surface area contributed by atoms with Gasteiger partial charge in [0, 0.05) is 42.3 Å². The van der Waals surface area contributed by atoms with E-state index in [1.54, 1.807) is 10.7 Å². The van der Waals surface area contributed by atoms with E-state index in [9.17, 15) is 4.79 Å². The van der Waals surface area contributed by atoms with E-state index in [0.717, 1.165) is 72.5 Å². The highest BCUT2D eigenvalue weighted by molar-refractivity contribution is 9.10. The van der Waals surface area contributed by atoms with Crippen LogP contribution in [0.4, 0.5) is 10.6 Å². The molecular weight excluding hydrogens is 504 g/mol. The quantitative estimate of drug-likeness (QED) is 0.450. The van der Waals surface area contributed by atoms with Crippen molar-refractivity contribution in [2.45, 2.75) is 44.6 Å². The normalized spacial score (nSPS) is 19.2. The van der Waals surface area contributed by atoms with Crippen molar-refractivity contribution in [3.05, 3.63) is 46.0 Å². The monoisotopic (exact) mass is 530 g/mol. The van der Waals surface area contributed by atoms with Crippen molar-refractivity contribution in [1.82, 2.24) is 24.8 Å². The number of rotatable bonds is 5. The highest BCUT2D eigenvalue weighted by Gasteiger charge is 2.26. The van der Waals surface area contributed by atoms with Gasteiger partial charge in [-0.3, -0.25) is 0 Å². The molecule has 3 aromatic rings. The van der Waals surface area contributed by atoms with Gasteiger partial charge >= 0.3 is 6.03 Å². The van der Waals surface area contributed by atoms with Crippen LogP contribution in [0.15, 0.2) is 41.0 Å². The zero-order chi connectivity index (χ0) is 22.8. The summed E-state index contributed by atoms with van der Waals surface area (Å²) in [5, 5.41) is 11.9. The second kappa shape index (κ2) is 9.89. The molecule has 0 radical (unpaired) electrons. The Morgan fingerprint density at radius 1 is 1.18 bits per heavy atom. The van der Waals surface area contributed by atoms with Crippen LogP contribution in [0.2, 0.25) is 5.02 Å². The third-order valence-corrected chi connectivity index (χ3v) is 7.53. The van der Waals surface area contributed by atoms with Gasteiger partial charge in [-0.15, -0.1) is 0 Å². The molecule has 3 heterocycles. The number of amides is 2. The molecule has 7 nitrogen and oxygen atoms in total. The minimum atomic E-state index is 0.0925. The summed E-state index contributed by atoms with van der Waals surface area (Å²) in [7, 11) is 0. The molecule has 9 heteroatoms. The van der Waals surface area contributed by atoms with Gasteiger partial charge in [-0.1, -0.05) is 42.6 Å². The number of carbonyl (C=O) groups is 1. The zero-order valence-electron chi connectivity index (χ0n) is 18.4. The highest BCUT2D eigenvalue weighted by Crippen LogP contribution is 2.30. The fourth-order valence-electron chi connectivity index (χ4n) is 4.87. The van der Waals surface area contributed by atoms with Crippen molar-refractivity contribution < 1.29 is 4.79 Å². The minimum absolute atomic E-state index is 0.0925. The number of aromatic nitrogens is 3. The highest BCUT2D eigenvalue weighted by atomic mass is 79.9. The molecule has 33 heavy (non-hydrogen) atoms. The van der Waals surface area contributed by atoms with E-state index in [-0.39, 0.29) is 6.03 Å². The third kappa shape index (κ3) is 4.96. The van der Waals surface area contributed by atoms with E-state index in [1.165, 1.54) is 12.8 Å². The molecule has 1 aromatic carbocycles. The molecule has 1 saturated carbocycles. The van der Waals surface area contributed by atoms with Crippen molar-refractivity contribution in [2.75, 3.05) is 25.0 Å². The van der Waals surface area contributed by atoms with Crippen LogP contribution in [0.5, 0.6) is 0 Å². The second-order valence-corrected chi connectivity index (χ2v) is 10.3. The van der Waals surface area contributed by atoms with Gasteiger partial charge in [0.25, 0.3) is 0 Å². The Morgan fingerprint density at radius 3 is 2.82 bits per heavy atom. The fraction of sp³-hybridized carbons (Fsp3) is 0.458. The molecule has 0 bridgehead atoms. The van der Waals surface area contributed by atoms with Crippen LogP contribution in [0.25, 0.3) is 16.9 Å². The Balaban J connectivity index is 1.31. The molecule has 1 saturated heterocycles. The minimum Gasteiger partial charge on any atom is -0.370 e. The average Bonchev–Trinajstić information content (AvgIpc) is 3.48. The lowest BCUT2D eigenvalue weighted by Gasteiger charge is -2.33. The van der Waals surface area contributed by atoms with Crippen LogP contribution in [-0.2, 0) is 0 Å². The molecule has 2 fully saturated rings. The lowest BCUT2D eigenvalue weighted by Crippen LogP contribution is -2.49. The largest absolute Gasteiger partial charge is 0.370 e. The Bertz CT molecular complexity index is 1150. The number of halogens is 2. The summed E-state index contributed by atoms with van der Waals surface area (Å²) in [4.78, 5) is 19.5. The molecule has 174 valence electrons. The summed E-state index contributed by atoms with van der Waals surface area (Å²) in [5.41, 5.74) is 2.40. The van der Waals surface area contributed by atoms with Gasteiger partial charge in [-0.2, -0.15) is 9.61 Å². The number of likely N-dealkylation sites (tertiary alicyclic amines) is 1. The Morgan fingerprint density at radius 2 is 2.00 bits per heavy atom. The van der Waals surface area contributed by atoms with E-state index in [2.05, 4.69) is 31.7 Å². The molecule has 2 amide bonds. The number of carbonyl (C=O) groups excluding carboxylic acids is 1. The molecule has 1 aliphatic heterocycles. The maximum absolute atomic E-state index is 12.7. The first kappa shape index (κ1) is 22.5. The van der Waals surface area contributed by atoms with E-state index in [4.69, 9.17) is 16.6 Å². The first-order chi connectivity index (χ1) is 16.1. The maximum Gasteiger partial charge on any atom is 0.317 e. The molecule has 0 spiro atoms. The lowest BCUT2D eigenvalue weighted by atomic mass is 9.98. The van der Waals surface area contributed by atoms with Crippen molar-refractivity contribution in [2.24, 2.45) is 5.92 Å². The molecular formula is C24H28BrClN6O. The summed E-state index contributed by atoms with van der Waals surface area (Å²) < 4.78 is 2.63. The topological polar surface area (TPSA) is 74.6 Å². The summed E-state index contributed by atoms with van der Waals surface area (Å²) in [5.74, 6) is 1.23. The SMILES string of the molecule is O=C(NC1CCCC1)N1CCCC(CNc2cc(-c3ccccc3Cl)nc3c(Br)cnn23)C1. The Hall–Kier alpha value is -2.32. The number of piperidine rings is 1.